The SMILES string of the molecule is O=C1NC(O)(c2ccccc2)Oc2ccc(Br)cc21. The van der Waals surface area contributed by atoms with Crippen molar-refractivity contribution in [3.05, 3.63) is 64.1 Å². The molecular formula is C14H10BrNO3. The molecular weight excluding hydrogens is 310 g/mol. The van der Waals surface area contributed by atoms with Crippen molar-refractivity contribution in [2.24, 2.45) is 0 Å². The predicted octanol–water partition coefficient (Wildman–Crippen LogP) is 2.37. The van der Waals surface area contributed by atoms with E-state index in [1.807, 2.05) is 6.07 Å². The monoisotopic (exact) mass is 319 g/mol. The zero-order valence-corrected chi connectivity index (χ0v) is 11.3. The number of halogens is 1. The third-order valence-corrected chi connectivity index (χ3v) is 3.39. The van der Waals surface area contributed by atoms with Gasteiger partial charge in [-0.25, -0.2) is 0 Å². The zero-order valence-electron chi connectivity index (χ0n) is 9.76. The van der Waals surface area contributed by atoms with Crippen molar-refractivity contribution in [2.45, 2.75) is 5.91 Å². The first-order valence-electron chi connectivity index (χ1n) is 5.67. The number of rotatable bonds is 1. The van der Waals surface area contributed by atoms with Crippen molar-refractivity contribution in [1.29, 1.82) is 0 Å². The molecule has 1 aliphatic rings. The number of carbonyl (C=O) groups is 1. The molecule has 5 heteroatoms. The van der Waals surface area contributed by atoms with Crippen LogP contribution in [-0.4, -0.2) is 11.0 Å². The number of carbonyl (C=O) groups excluding carboxylic acids is 1. The first-order valence-corrected chi connectivity index (χ1v) is 6.47. The van der Waals surface area contributed by atoms with Gasteiger partial charge in [0.25, 0.3) is 5.91 Å². The number of amides is 1. The summed E-state index contributed by atoms with van der Waals surface area (Å²) in [5.74, 6) is -1.87. The van der Waals surface area contributed by atoms with E-state index in [2.05, 4.69) is 21.2 Å². The Balaban J connectivity index is 2.06. The molecule has 0 radical (unpaired) electrons. The van der Waals surface area contributed by atoms with Crippen LogP contribution in [0.2, 0.25) is 0 Å². The van der Waals surface area contributed by atoms with Crippen LogP contribution in [0.25, 0.3) is 0 Å². The molecule has 1 aliphatic heterocycles. The summed E-state index contributed by atoms with van der Waals surface area (Å²) in [5, 5.41) is 12.9. The Morgan fingerprint density at radius 2 is 1.89 bits per heavy atom. The van der Waals surface area contributed by atoms with E-state index in [1.54, 1.807) is 42.5 Å². The molecule has 2 N–H and O–H groups in total. The topological polar surface area (TPSA) is 58.6 Å². The van der Waals surface area contributed by atoms with Crippen LogP contribution in [-0.2, 0) is 5.91 Å². The number of hydrogen-bond donors (Lipinski definition) is 2. The first-order chi connectivity index (χ1) is 9.08. The Morgan fingerprint density at radius 1 is 1.16 bits per heavy atom. The van der Waals surface area contributed by atoms with Gasteiger partial charge in [0.1, 0.15) is 5.75 Å². The van der Waals surface area contributed by atoms with Crippen molar-refractivity contribution >= 4 is 21.8 Å². The highest BCUT2D eigenvalue weighted by Crippen LogP contribution is 2.33. The van der Waals surface area contributed by atoms with E-state index in [4.69, 9.17) is 4.74 Å². The lowest BCUT2D eigenvalue weighted by Gasteiger charge is -2.34. The molecule has 96 valence electrons. The molecule has 0 aromatic heterocycles. The molecule has 0 saturated heterocycles. The summed E-state index contributed by atoms with van der Waals surface area (Å²) >= 11 is 3.29. The standard InChI is InChI=1S/C14H10BrNO3/c15-10-6-7-12-11(8-10)13(17)16-14(18,19-12)9-4-2-1-3-5-9/h1-8,18H,(H,16,17). The summed E-state index contributed by atoms with van der Waals surface area (Å²) < 4.78 is 6.31. The van der Waals surface area contributed by atoms with Crippen molar-refractivity contribution in [2.75, 3.05) is 0 Å². The second kappa shape index (κ2) is 4.36. The van der Waals surface area contributed by atoms with Gasteiger partial charge in [0.15, 0.2) is 0 Å². The summed E-state index contributed by atoms with van der Waals surface area (Å²) in [6.07, 6.45) is 0. The van der Waals surface area contributed by atoms with Gasteiger partial charge in [0, 0.05) is 10.0 Å². The van der Waals surface area contributed by atoms with Gasteiger partial charge in [-0.15, -0.1) is 0 Å². The summed E-state index contributed by atoms with van der Waals surface area (Å²) in [7, 11) is 0. The van der Waals surface area contributed by atoms with Crippen molar-refractivity contribution in [3.8, 4) is 5.75 Å². The summed E-state index contributed by atoms with van der Waals surface area (Å²) in [6.45, 7) is 0. The van der Waals surface area contributed by atoms with Gasteiger partial charge < -0.3 is 9.84 Å². The fourth-order valence-corrected chi connectivity index (χ4v) is 2.33. The number of nitrogens with one attached hydrogen (secondary N) is 1. The van der Waals surface area contributed by atoms with E-state index in [1.165, 1.54) is 0 Å². The summed E-state index contributed by atoms with van der Waals surface area (Å²) in [4.78, 5) is 12.1. The zero-order chi connectivity index (χ0) is 13.5. The third kappa shape index (κ3) is 2.11. The molecule has 2 aromatic carbocycles. The highest BCUT2D eigenvalue weighted by atomic mass is 79.9. The van der Waals surface area contributed by atoms with Crippen LogP contribution in [0.1, 0.15) is 15.9 Å². The normalized spacial score (nSPS) is 21.3. The van der Waals surface area contributed by atoms with Crippen molar-refractivity contribution < 1.29 is 14.6 Å². The maximum atomic E-state index is 12.1. The molecule has 3 rings (SSSR count). The number of hydrogen-bond acceptors (Lipinski definition) is 3. The number of benzene rings is 2. The van der Waals surface area contributed by atoms with Gasteiger partial charge >= 0.3 is 5.91 Å². The summed E-state index contributed by atoms with van der Waals surface area (Å²) in [6, 6.07) is 13.8. The Kier molecular flexibility index (Phi) is 2.80. The van der Waals surface area contributed by atoms with Crippen molar-refractivity contribution in [3.63, 3.8) is 0 Å². The molecule has 2 aromatic rings. The van der Waals surface area contributed by atoms with Gasteiger partial charge in [0.05, 0.1) is 5.56 Å². The second-order valence-corrected chi connectivity index (χ2v) is 5.12. The van der Waals surface area contributed by atoms with Crippen LogP contribution in [0.4, 0.5) is 0 Å². The molecule has 0 fully saturated rings. The summed E-state index contributed by atoms with van der Waals surface area (Å²) in [5.41, 5.74) is 0.854. The van der Waals surface area contributed by atoms with Crippen LogP contribution in [0.15, 0.2) is 53.0 Å². The lowest BCUT2D eigenvalue weighted by Crippen LogP contribution is -2.53. The number of aliphatic hydroxyl groups is 1. The Hall–Kier alpha value is -1.85. The molecule has 1 amide bonds. The highest BCUT2D eigenvalue weighted by molar-refractivity contribution is 9.10. The molecule has 0 bridgehead atoms. The lowest BCUT2D eigenvalue weighted by atomic mass is 10.1. The van der Waals surface area contributed by atoms with Crippen LogP contribution >= 0.6 is 15.9 Å². The van der Waals surface area contributed by atoms with E-state index >= 15 is 0 Å². The van der Waals surface area contributed by atoms with Gasteiger partial charge in [-0.2, -0.15) is 0 Å². The minimum atomic E-state index is -1.83. The van der Waals surface area contributed by atoms with Gasteiger partial charge in [-0.3, -0.25) is 10.1 Å². The minimum Gasteiger partial charge on any atom is -0.440 e. The minimum absolute atomic E-state index is 0.346. The largest absolute Gasteiger partial charge is 0.440 e. The van der Waals surface area contributed by atoms with Gasteiger partial charge in [0.2, 0.25) is 0 Å². The van der Waals surface area contributed by atoms with E-state index < -0.39 is 5.91 Å². The Morgan fingerprint density at radius 3 is 2.63 bits per heavy atom. The molecule has 0 aliphatic carbocycles. The van der Waals surface area contributed by atoms with Gasteiger partial charge in [-0.05, 0) is 18.2 Å². The van der Waals surface area contributed by atoms with E-state index in [-0.39, 0.29) is 5.91 Å². The predicted molar refractivity (Wildman–Crippen MR) is 72.6 cm³/mol. The molecule has 0 saturated carbocycles. The number of fused-ring (bicyclic) bond motifs is 1. The average Bonchev–Trinajstić information content (AvgIpc) is 2.41. The quantitative estimate of drug-likeness (QED) is 0.848. The lowest BCUT2D eigenvalue weighted by molar-refractivity contribution is -0.167. The Bertz CT molecular complexity index is 644. The molecule has 4 nitrogen and oxygen atoms in total. The second-order valence-electron chi connectivity index (χ2n) is 4.21. The van der Waals surface area contributed by atoms with E-state index in [0.717, 1.165) is 4.47 Å². The highest BCUT2D eigenvalue weighted by Gasteiger charge is 2.39. The molecule has 19 heavy (non-hydrogen) atoms. The van der Waals surface area contributed by atoms with Gasteiger partial charge in [-0.1, -0.05) is 46.3 Å². The number of ether oxygens (including phenoxy) is 1. The smallest absolute Gasteiger partial charge is 0.320 e. The molecule has 0 spiro atoms. The first kappa shape index (κ1) is 12.2. The van der Waals surface area contributed by atoms with Crippen LogP contribution in [0, 0.1) is 0 Å². The van der Waals surface area contributed by atoms with E-state index in [0.29, 0.717) is 16.9 Å². The van der Waals surface area contributed by atoms with Crippen LogP contribution in [0.5, 0.6) is 5.75 Å². The fourth-order valence-electron chi connectivity index (χ4n) is 1.97. The Labute approximate surface area is 118 Å². The van der Waals surface area contributed by atoms with Crippen LogP contribution < -0.4 is 10.1 Å². The maximum absolute atomic E-state index is 12.1. The maximum Gasteiger partial charge on any atom is 0.320 e. The molecule has 1 atom stereocenters. The third-order valence-electron chi connectivity index (χ3n) is 2.89. The fraction of sp³-hybridized carbons (Fsp3) is 0.0714. The average molecular weight is 320 g/mol. The molecule has 1 unspecified atom stereocenters. The van der Waals surface area contributed by atoms with E-state index in [9.17, 15) is 9.90 Å². The van der Waals surface area contributed by atoms with Crippen molar-refractivity contribution in [1.82, 2.24) is 5.32 Å². The molecule has 1 heterocycles. The van der Waals surface area contributed by atoms with Crippen LogP contribution in [0.3, 0.4) is 0 Å².